The Balaban J connectivity index is 1.71. The SMILES string of the molecule is Cc1cc(C)c(O)c(-c2n[nH]c3c2C(c2cccc(Cl)c2)N(Cc2ccco2)C3=O)c1. The second-order valence-electron chi connectivity index (χ2n) is 7.81. The van der Waals surface area contributed by atoms with Crippen LogP contribution < -0.4 is 0 Å². The number of phenols is 1. The van der Waals surface area contributed by atoms with Gasteiger partial charge in [0.1, 0.15) is 22.9 Å². The van der Waals surface area contributed by atoms with Crippen molar-refractivity contribution in [3.63, 3.8) is 0 Å². The molecule has 1 atom stereocenters. The lowest BCUT2D eigenvalue weighted by atomic mass is 9.94. The summed E-state index contributed by atoms with van der Waals surface area (Å²) in [6, 6.07) is 14.4. The van der Waals surface area contributed by atoms with Crippen molar-refractivity contribution in [1.29, 1.82) is 0 Å². The van der Waals surface area contributed by atoms with Crippen LogP contribution in [0.5, 0.6) is 5.75 Å². The number of phenolic OH excluding ortho intramolecular Hbond substituents is 1. The molecule has 2 aromatic carbocycles. The molecule has 4 aromatic rings. The predicted octanol–water partition coefficient (Wildman–Crippen LogP) is 5.39. The summed E-state index contributed by atoms with van der Waals surface area (Å²) in [6.45, 7) is 4.11. The van der Waals surface area contributed by atoms with E-state index in [9.17, 15) is 9.90 Å². The topological polar surface area (TPSA) is 82.4 Å². The van der Waals surface area contributed by atoms with Crippen LogP contribution in [-0.4, -0.2) is 26.1 Å². The molecule has 0 spiro atoms. The zero-order valence-corrected chi connectivity index (χ0v) is 17.8. The molecule has 0 bridgehead atoms. The van der Waals surface area contributed by atoms with Gasteiger partial charge in [0.05, 0.1) is 18.8 Å². The minimum absolute atomic E-state index is 0.154. The molecule has 7 heteroatoms. The van der Waals surface area contributed by atoms with Crippen molar-refractivity contribution in [2.24, 2.45) is 0 Å². The second-order valence-corrected chi connectivity index (χ2v) is 8.25. The number of benzene rings is 2. The van der Waals surface area contributed by atoms with Crippen molar-refractivity contribution in [3.05, 3.63) is 93.5 Å². The summed E-state index contributed by atoms with van der Waals surface area (Å²) in [7, 11) is 0. The molecule has 0 radical (unpaired) electrons. The predicted molar refractivity (Wildman–Crippen MR) is 117 cm³/mol. The third-order valence-electron chi connectivity index (χ3n) is 5.63. The van der Waals surface area contributed by atoms with Crippen molar-refractivity contribution in [2.45, 2.75) is 26.4 Å². The van der Waals surface area contributed by atoms with Gasteiger partial charge in [-0.1, -0.05) is 29.8 Å². The van der Waals surface area contributed by atoms with Crippen LogP contribution in [0.1, 0.15) is 44.5 Å². The number of aromatic nitrogens is 2. The number of furan rings is 1. The van der Waals surface area contributed by atoms with Crippen molar-refractivity contribution < 1.29 is 14.3 Å². The van der Waals surface area contributed by atoms with Gasteiger partial charge < -0.3 is 14.4 Å². The average Bonchev–Trinajstić information content (AvgIpc) is 3.45. The maximum Gasteiger partial charge on any atom is 0.273 e. The smallest absolute Gasteiger partial charge is 0.273 e. The highest BCUT2D eigenvalue weighted by Crippen LogP contribution is 2.46. The van der Waals surface area contributed by atoms with Crippen LogP contribution >= 0.6 is 11.6 Å². The lowest BCUT2D eigenvalue weighted by Crippen LogP contribution is -2.29. The molecule has 1 aliphatic heterocycles. The van der Waals surface area contributed by atoms with Gasteiger partial charge in [0.25, 0.3) is 5.91 Å². The van der Waals surface area contributed by atoms with Gasteiger partial charge in [0.15, 0.2) is 0 Å². The summed E-state index contributed by atoms with van der Waals surface area (Å²) < 4.78 is 5.51. The van der Waals surface area contributed by atoms with Gasteiger partial charge >= 0.3 is 0 Å². The largest absolute Gasteiger partial charge is 0.507 e. The summed E-state index contributed by atoms with van der Waals surface area (Å²) in [5, 5.41) is 18.7. The summed E-state index contributed by atoms with van der Waals surface area (Å²) in [5.41, 5.74) is 4.89. The Morgan fingerprint density at radius 3 is 2.77 bits per heavy atom. The van der Waals surface area contributed by atoms with Crippen molar-refractivity contribution in [2.75, 3.05) is 0 Å². The Bertz CT molecular complexity index is 1290. The first-order valence-electron chi connectivity index (χ1n) is 9.91. The van der Waals surface area contributed by atoms with Crippen LogP contribution in [0.4, 0.5) is 0 Å². The van der Waals surface area contributed by atoms with E-state index in [-0.39, 0.29) is 11.7 Å². The standard InChI is InChI=1S/C24H20ClN3O3/c1-13-9-14(2)23(29)18(10-13)20-19-21(27-26-20)24(30)28(12-17-7-4-8-31-17)22(19)15-5-3-6-16(25)11-15/h3-11,22,29H,12H2,1-2H3,(H,26,27). The van der Waals surface area contributed by atoms with Crippen LogP contribution in [0.3, 0.4) is 0 Å². The molecular formula is C24H20ClN3O3. The highest BCUT2D eigenvalue weighted by Gasteiger charge is 2.43. The van der Waals surface area contributed by atoms with E-state index in [0.29, 0.717) is 34.3 Å². The molecule has 0 saturated carbocycles. The van der Waals surface area contributed by atoms with Gasteiger partial charge in [0.2, 0.25) is 0 Å². The van der Waals surface area contributed by atoms with Crippen molar-refractivity contribution in [1.82, 2.24) is 15.1 Å². The number of carbonyl (C=O) groups excluding carboxylic acids is 1. The minimum Gasteiger partial charge on any atom is -0.507 e. The lowest BCUT2D eigenvalue weighted by molar-refractivity contribution is 0.0717. The first kappa shape index (κ1) is 19.5. The Morgan fingerprint density at radius 1 is 1.19 bits per heavy atom. The summed E-state index contributed by atoms with van der Waals surface area (Å²) >= 11 is 6.29. The third kappa shape index (κ3) is 3.20. The quantitative estimate of drug-likeness (QED) is 0.452. The van der Waals surface area contributed by atoms with E-state index in [4.69, 9.17) is 16.0 Å². The minimum atomic E-state index is -0.430. The number of aromatic amines is 1. The van der Waals surface area contributed by atoms with Gasteiger partial charge in [-0.25, -0.2) is 0 Å². The van der Waals surface area contributed by atoms with Gasteiger partial charge in [-0.05, 0) is 60.9 Å². The third-order valence-corrected chi connectivity index (χ3v) is 5.87. The molecule has 1 aliphatic rings. The Kier molecular flexibility index (Phi) is 4.59. The molecule has 0 saturated heterocycles. The van der Waals surface area contributed by atoms with Gasteiger partial charge in [-0.2, -0.15) is 5.10 Å². The number of rotatable bonds is 4. The summed E-state index contributed by atoms with van der Waals surface area (Å²) in [6.07, 6.45) is 1.59. The molecular weight excluding hydrogens is 414 g/mol. The van der Waals surface area contributed by atoms with E-state index in [1.807, 2.05) is 50.2 Å². The molecule has 0 fully saturated rings. The molecule has 0 aliphatic carbocycles. The Morgan fingerprint density at radius 2 is 2.03 bits per heavy atom. The number of aryl methyl sites for hydroxylation is 2. The molecule has 5 rings (SSSR count). The number of halogens is 1. The number of aromatic hydroxyl groups is 1. The number of hydrogen-bond acceptors (Lipinski definition) is 4. The first-order chi connectivity index (χ1) is 14.9. The fourth-order valence-electron chi connectivity index (χ4n) is 4.30. The number of amides is 1. The number of fused-ring (bicyclic) bond motifs is 1. The van der Waals surface area contributed by atoms with E-state index in [0.717, 1.165) is 22.3 Å². The van der Waals surface area contributed by atoms with Crippen molar-refractivity contribution >= 4 is 17.5 Å². The zero-order valence-electron chi connectivity index (χ0n) is 17.0. The average molecular weight is 434 g/mol. The number of nitrogens with zero attached hydrogens (tertiary/aromatic N) is 2. The fourth-order valence-corrected chi connectivity index (χ4v) is 4.50. The number of carbonyl (C=O) groups is 1. The molecule has 2 N–H and O–H groups in total. The molecule has 31 heavy (non-hydrogen) atoms. The zero-order chi connectivity index (χ0) is 21.7. The normalized spacial score (nSPS) is 15.5. The van der Waals surface area contributed by atoms with Crippen molar-refractivity contribution in [3.8, 4) is 17.0 Å². The highest BCUT2D eigenvalue weighted by molar-refractivity contribution is 6.30. The van der Waals surface area contributed by atoms with E-state index >= 15 is 0 Å². The molecule has 3 heterocycles. The van der Waals surface area contributed by atoms with Crippen LogP contribution in [0.15, 0.2) is 59.2 Å². The van der Waals surface area contributed by atoms with Crippen LogP contribution in [0.2, 0.25) is 5.02 Å². The molecule has 2 aromatic heterocycles. The monoisotopic (exact) mass is 433 g/mol. The Hall–Kier alpha value is -3.51. The molecule has 1 amide bonds. The molecule has 6 nitrogen and oxygen atoms in total. The van der Waals surface area contributed by atoms with Crippen LogP contribution in [0.25, 0.3) is 11.3 Å². The fraction of sp³-hybridized carbons (Fsp3) is 0.167. The highest BCUT2D eigenvalue weighted by atomic mass is 35.5. The van der Waals surface area contributed by atoms with Gasteiger partial charge in [-0.3, -0.25) is 9.89 Å². The first-order valence-corrected chi connectivity index (χ1v) is 10.3. The summed E-state index contributed by atoms with van der Waals surface area (Å²) in [5.74, 6) is 0.648. The summed E-state index contributed by atoms with van der Waals surface area (Å²) in [4.78, 5) is 15.1. The lowest BCUT2D eigenvalue weighted by Gasteiger charge is -2.26. The number of hydrogen-bond donors (Lipinski definition) is 2. The van der Waals surface area contributed by atoms with E-state index < -0.39 is 6.04 Å². The Labute approximate surface area is 184 Å². The number of nitrogens with one attached hydrogen (secondary N) is 1. The van der Waals surface area contributed by atoms with E-state index in [1.54, 1.807) is 23.3 Å². The number of H-pyrrole nitrogens is 1. The van der Waals surface area contributed by atoms with E-state index in [1.165, 1.54) is 0 Å². The molecule has 1 unspecified atom stereocenters. The van der Waals surface area contributed by atoms with Gasteiger partial charge in [0, 0.05) is 16.1 Å². The maximum atomic E-state index is 13.4. The molecule has 156 valence electrons. The van der Waals surface area contributed by atoms with E-state index in [2.05, 4.69) is 10.2 Å². The maximum absolute atomic E-state index is 13.4. The second kappa shape index (κ2) is 7.32. The van der Waals surface area contributed by atoms with Crippen LogP contribution in [0, 0.1) is 13.8 Å². The van der Waals surface area contributed by atoms with Crippen LogP contribution in [-0.2, 0) is 6.54 Å². The van der Waals surface area contributed by atoms with Gasteiger partial charge in [-0.15, -0.1) is 0 Å².